The summed E-state index contributed by atoms with van der Waals surface area (Å²) < 4.78 is 5.82. The normalized spacial score (nSPS) is 25.0. The highest BCUT2D eigenvalue weighted by Gasteiger charge is 2.59. The summed E-state index contributed by atoms with van der Waals surface area (Å²) in [5.74, 6) is -1.04. The number of benzene rings is 2. The third kappa shape index (κ3) is 3.46. The predicted octanol–water partition coefficient (Wildman–Crippen LogP) is 3.19. The molecule has 0 unspecified atom stereocenters. The molecule has 33 heavy (non-hydrogen) atoms. The minimum atomic E-state index is -0.550. The quantitative estimate of drug-likeness (QED) is 0.222. The number of carbonyl (C=O) groups excluding carboxylic acids is 2. The van der Waals surface area contributed by atoms with Crippen LogP contribution >= 0.6 is 0 Å². The Balaban J connectivity index is 1.41. The summed E-state index contributed by atoms with van der Waals surface area (Å²) in [6.45, 7) is 0.0587. The molecule has 0 radical (unpaired) electrons. The molecule has 0 N–H and O–H groups in total. The van der Waals surface area contributed by atoms with Gasteiger partial charge in [-0.1, -0.05) is 30.4 Å². The molecule has 164 valence electrons. The first-order chi connectivity index (χ1) is 16.0. The van der Waals surface area contributed by atoms with Gasteiger partial charge in [0.05, 0.1) is 34.6 Å². The molecule has 2 aliphatic carbocycles. The molecule has 2 aromatic carbocycles. The third-order valence-corrected chi connectivity index (χ3v) is 6.48. The van der Waals surface area contributed by atoms with Crippen molar-refractivity contribution in [2.24, 2.45) is 28.8 Å². The lowest BCUT2D eigenvalue weighted by Gasteiger charge is -2.13. The van der Waals surface area contributed by atoms with Crippen molar-refractivity contribution >= 4 is 23.7 Å². The molecule has 9 nitrogen and oxygen atoms in total. The number of non-ortho nitro benzene ring substituents is 1. The summed E-state index contributed by atoms with van der Waals surface area (Å²) in [7, 11) is 0. The van der Waals surface area contributed by atoms with Crippen LogP contribution in [0.25, 0.3) is 0 Å². The largest absolute Gasteiger partial charge is 0.488 e. The molecule has 1 saturated heterocycles. The van der Waals surface area contributed by atoms with E-state index in [1.165, 1.54) is 24.4 Å². The number of nitro benzene ring substituents is 1. The summed E-state index contributed by atoms with van der Waals surface area (Å²) in [4.78, 5) is 36.4. The number of hydrogen-bond acceptors (Lipinski definition) is 7. The van der Waals surface area contributed by atoms with Crippen molar-refractivity contribution in [3.63, 3.8) is 0 Å². The Morgan fingerprint density at radius 3 is 2.52 bits per heavy atom. The first-order valence-electron chi connectivity index (χ1n) is 10.5. The molecular weight excluding hydrogens is 424 g/mol. The van der Waals surface area contributed by atoms with E-state index in [0.29, 0.717) is 11.1 Å². The Labute approximate surface area is 188 Å². The van der Waals surface area contributed by atoms with Crippen LogP contribution in [0.5, 0.6) is 5.75 Å². The average molecular weight is 442 g/mol. The van der Waals surface area contributed by atoms with Gasteiger partial charge in [-0.15, -0.1) is 0 Å². The van der Waals surface area contributed by atoms with Gasteiger partial charge in [-0.05, 0) is 30.4 Å². The van der Waals surface area contributed by atoms with Crippen molar-refractivity contribution in [3.05, 3.63) is 81.4 Å². The molecule has 0 aromatic heterocycles. The summed E-state index contributed by atoms with van der Waals surface area (Å²) in [5.41, 5.74) is 1.18. The van der Waals surface area contributed by atoms with Crippen LogP contribution in [-0.2, 0) is 16.2 Å². The molecular formula is C24H18N4O5. The molecule has 5 rings (SSSR count). The van der Waals surface area contributed by atoms with E-state index in [9.17, 15) is 25.0 Å². The highest BCUT2D eigenvalue weighted by atomic mass is 16.6. The fourth-order valence-corrected chi connectivity index (χ4v) is 4.91. The molecule has 2 fully saturated rings. The Kier molecular flexibility index (Phi) is 4.98. The second-order valence-electron chi connectivity index (χ2n) is 8.27. The first kappa shape index (κ1) is 20.6. The van der Waals surface area contributed by atoms with Gasteiger partial charge in [-0.3, -0.25) is 19.7 Å². The third-order valence-electron chi connectivity index (χ3n) is 6.48. The number of ether oxygens (including phenoxy) is 1. The maximum Gasteiger partial charge on any atom is 0.270 e. The second-order valence-corrected chi connectivity index (χ2v) is 8.27. The van der Waals surface area contributed by atoms with Gasteiger partial charge in [0.1, 0.15) is 12.4 Å². The van der Waals surface area contributed by atoms with Crippen molar-refractivity contribution in [3.8, 4) is 11.8 Å². The van der Waals surface area contributed by atoms with Crippen molar-refractivity contribution in [2.45, 2.75) is 13.0 Å². The highest BCUT2D eigenvalue weighted by molar-refractivity contribution is 6.07. The average Bonchev–Trinajstić information content (AvgIpc) is 3.51. The number of hydrogen-bond donors (Lipinski definition) is 0. The van der Waals surface area contributed by atoms with E-state index in [4.69, 9.17) is 4.74 Å². The summed E-state index contributed by atoms with van der Waals surface area (Å²) >= 11 is 0. The van der Waals surface area contributed by atoms with Crippen molar-refractivity contribution < 1.29 is 19.2 Å². The number of nitro groups is 1. The fourth-order valence-electron chi connectivity index (χ4n) is 4.91. The van der Waals surface area contributed by atoms with E-state index >= 15 is 0 Å². The summed E-state index contributed by atoms with van der Waals surface area (Å²) in [5, 5.41) is 25.5. The topological polar surface area (TPSA) is 126 Å². The number of imide groups is 1. The minimum absolute atomic E-state index is 0.0587. The van der Waals surface area contributed by atoms with Crippen LogP contribution < -0.4 is 4.74 Å². The molecule has 2 aromatic rings. The molecule has 9 heteroatoms. The number of carbonyl (C=O) groups is 2. The number of fused-ring (bicyclic) bond motifs is 5. The minimum Gasteiger partial charge on any atom is -0.488 e. The Morgan fingerprint density at radius 2 is 1.85 bits per heavy atom. The zero-order valence-electron chi connectivity index (χ0n) is 17.3. The molecule has 4 atom stereocenters. The molecule has 1 aliphatic heterocycles. The summed E-state index contributed by atoms with van der Waals surface area (Å²) in [6.07, 6.45) is 6.05. The van der Waals surface area contributed by atoms with E-state index in [-0.39, 0.29) is 59.1 Å². The van der Waals surface area contributed by atoms with Crippen molar-refractivity contribution in [1.29, 1.82) is 5.26 Å². The first-order valence-corrected chi connectivity index (χ1v) is 10.5. The SMILES string of the molecule is N#Cc1ccccc1COc1ccc([N+](=O)[O-])cc1C=NN1C(=O)[C@@H]2[C@H](C1=O)[C@H]1C=C[C@H]2C1. The smallest absolute Gasteiger partial charge is 0.270 e. The molecule has 1 heterocycles. The van der Waals surface area contributed by atoms with Crippen LogP contribution in [0.2, 0.25) is 0 Å². The van der Waals surface area contributed by atoms with E-state index in [2.05, 4.69) is 11.2 Å². The zero-order valence-corrected chi connectivity index (χ0v) is 17.3. The van der Waals surface area contributed by atoms with Gasteiger partial charge in [-0.2, -0.15) is 15.4 Å². The monoisotopic (exact) mass is 442 g/mol. The van der Waals surface area contributed by atoms with Gasteiger partial charge in [0, 0.05) is 23.3 Å². The van der Waals surface area contributed by atoms with E-state index in [1.807, 2.05) is 12.2 Å². The van der Waals surface area contributed by atoms with Gasteiger partial charge in [0.25, 0.3) is 17.5 Å². The highest BCUT2D eigenvalue weighted by Crippen LogP contribution is 2.52. The molecule has 2 amide bonds. The van der Waals surface area contributed by atoms with Crippen LogP contribution in [0.4, 0.5) is 5.69 Å². The Morgan fingerprint density at radius 1 is 1.15 bits per heavy atom. The molecule has 1 saturated carbocycles. The fraction of sp³-hybridized carbons (Fsp3) is 0.250. The number of nitrogens with zero attached hydrogens (tertiary/aromatic N) is 4. The van der Waals surface area contributed by atoms with Crippen LogP contribution in [0.1, 0.15) is 23.1 Å². The lowest BCUT2D eigenvalue weighted by Crippen LogP contribution is -2.28. The molecule has 3 aliphatic rings. The van der Waals surface area contributed by atoms with Crippen molar-refractivity contribution in [1.82, 2.24) is 5.01 Å². The maximum absolute atomic E-state index is 12.8. The van der Waals surface area contributed by atoms with Gasteiger partial charge in [0.15, 0.2) is 0 Å². The maximum atomic E-state index is 12.8. The number of rotatable bonds is 6. The van der Waals surface area contributed by atoms with Gasteiger partial charge in [-0.25, -0.2) is 0 Å². The second kappa shape index (κ2) is 7.98. The predicted molar refractivity (Wildman–Crippen MR) is 116 cm³/mol. The van der Waals surface area contributed by atoms with Gasteiger partial charge in [0.2, 0.25) is 0 Å². The molecule has 2 bridgehead atoms. The number of allylic oxidation sites excluding steroid dienone is 2. The van der Waals surface area contributed by atoms with Crippen LogP contribution in [0.15, 0.2) is 59.7 Å². The summed E-state index contributed by atoms with van der Waals surface area (Å²) in [6, 6.07) is 13.0. The number of nitriles is 1. The number of hydrazone groups is 1. The van der Waals surface area contributed by atoms with Crippen LogP contribution in [0, 0.1) is 45.1 Å². The van der Waals surface area contributed by atoms with Crippen molar-refractivity contribution in [2.75, 3.05) is 0 Å². The lowest BCUT2D eigenvalue weighted by atomic mass is 9.85. The van der Waals surface area contributed by atoms with Gasteiger partial charge < -0.3 is 4.74 Å². The Bertz CT molecular complexity index is 1250. The zero-order chi connectivity index (χ0) is 23.1. The lowest BCUT2D eigenvalue weighted by molar-refractivity contribution is -0.384. The number of amides is 2. The van der Waals surface area contributed by atoms with Crippen LogP contribution in [-0.4, -0.2) is 28.0 Å². The van der Waals surface area contributed by atoms with Crippen LogP contribution in [0.3, 0.4) is 0 Å². The van der Waals surface area contributed by atoms with E-state index in [0.717, 1.165) is 11.4 Å². The Hall–Kier alpha value is -4.32. The van der Waals surface area contributed by atoms with E-state index < -0.39 is 4.92 Å². The standard InChI is InChI=1S/C24H18N4O5/c25-11-16-3-1-2-4-17(16)13-33-20-8-7-19(28(31)32)10-18(20)12-26-27-23(29)21-14-5-6-15(9-14)22(21)24(27)30/h1-8,10,12,14-15,21-22H,9,13H2/t14-,15-,21-,22+/m0/s1. The van der Waals surface area contributed by atoms with Gasteiger partial charge >= 0.3 is 0 Å². The van der Waals surface area contributed by atoms with E-state index in [1.54, 1.807) is 24.3 Å². The molecule has 0 spiro atoms.